The van der Waals surface area contributed by atoms with Crippen molar-refractivity contribution in [2.45, 2.75) is 26.2 Å². The molecule has 0 spiro atoms. The normalized spacial score (nSPS) is 21.5. The van der Waals surface area contributed by atoms with Crippen LogP contribution in [-0.2, 0) is 4.79 Å². The van der Waals surface area contributed by atoms with Crippen molar-refractivity contribution in [1.29, 1.82) is 0 Å². The molecule has 0 aromatic rings. The highest BCUT2D eigenvalue weighted by atomic mass is 16.2. The van der Waals surface area contributed by atoms with Crippen molar-refractivity contribution >= 4 is 5.91 Å². The molecule has 1 heterocycles. The SMILES string of the molecule is CCCNCC1CCCN(CC(=O)N(C)C)C1. The Morgan fingerprint density at radius 1 is 1.47 bits per heavy atom. The molecule has 0 radical (unpaired) electrons. The van der Waals surface area contributed by atoms with Crippen LogP contribution in [0.1, 0.15) is 26.2 Å². The lowest BCUT2D eigenvalue weighted by molar-refractivity contribution is -0.130. The highest BCUT2D eigenvalue weighted by Gasteiger charge is 2.21. The highest BCUT2D eigenvalue weighted by Crippen LogP contribution is 2.15. The third kappa shape index (κ3) is 5.50. The quantitative estimate of drug-likeness (QED) is 0.698. The van der Waals surface area contributed by atoms with Gasteiger partial charge in [0, 0.05) is 20.6 Å². The standard InChI is InChI=1S/C13H27N3O/c1-4-7-14-9-12-6-5-8-16(10-12)11-13(17)15(2)3/h12,14H,4-11H2,1-3H3. The Morgan fingerprint density at radius 3 is 2.88 bits per heavy atom. The maximum Gasteiger partial charge on any atom is 0.236 e. The lowest BCUT2D eigenvalue weighted by atomic mass is 9.98. The number of likely N-dealkylation sites (tertiary alicyclic amines) is 1. The molecule has 1 rings (SSSR count). The van der Waals surface area contributed by atoms with E-state index in [1.165, 1.54) is 19.3 Å². The zero-order chi connectivity index (χ0) is 12.7. The van der Waals surface area contributed by atoms with Gasteiger partial charge in [0.15, 0.2) is 0 Å². The number of rotatable bonds is 6. The van der Waals surface area contributed by atoms with E-state index in [2.05, 4.69) is 17.1 Å². The number of nitrogens with one attached hydrogen (secondary N) is 1. The van der Waals surface area contributed by atoms with Gasteiger partial charge in [0.25, 0.3) is 0 Å². The summed E-state index contributed by atoms with van der Waals surface area (Å²) in [5.74, 6) is 0.928. The number of hydrogen-bond donors (Lipinski definition) is 1. The molecule has 1 aliphatic rings. The summed E-state index contributed by atoms with van der Waals surface area (Å²) in [5, 5.41) is 3.48. The first-order valence-corrected chi connectivity index (χ1v) is 6.76. The highest BCUT2D eigenvalue weighted by molar-refractivity contribution is 5.77. The Bertz CT molecular complexity index is 231. The molecule has 0 aromatic carbocycles. The molecule has 4 heteroatoms. The molecule has 100 valence electrons. The largest absolute Gasteiger partial charge is 0.348 e. The molecular formula is C13H27N3O. The van der Waals surface area contributed by atoms with E-state index in [1.807, 2.05) is 14.1 Å². The van der Waals surface area contributed by atoms with E-state index in [9.17, 15) is 4.79 Å². The number of hydrogen-bond acceptors (Lipinski definition) is 3. The lowest BCUT2D eigenvalue weighted by Gasteiger charge is -2.33. The van der Waals surface area contributed by atoms with E-state index >= 15 is 0 Å². The molecule has 4 nitrogen and oxygen atoms in total. The third-order valence-electron chi connectivity index (χ3n) is 3.32. The predicted octanol–water partition coefficient (Wildman–Crippen LogP) is 0.786. The van der Waals surface area contributed by atoms with Crippen LogP contribution < -0.4 is 5.32 Å². The second-order valence-corrected chi connectivity index (χ2v) is 5.24. The fourth-order valence-electron chi connectivity index (χ4n) is 2.28. The number of piperidine rings is 1. The van der Waals surface area contributed by atoms with Crippen LogP contribution >= 0.6 is 0 Å². The fourth-order valence-corrected chi connectivity index (χ4v) is 2.28. The summed E-state index contributed by atoms with van der Waals surface area (Å²) in [6, 6.07) is 0. The van der Waals surface area contributed by atoms with Crippen molar-refractivity contribution in [3.8, 4) is 0 Å². The van der Waals surface area contributed by atoms with E-state index in [0.29, 0.717) is 12.5 Å². The van der Waals surface area contributed by atoms with Gasteiger partial charge >= 0.3 is 0 Å². The Hall–Kier alpha value is -0.610. The first-order chi connectivity index (χ1) is 8.13. The lowest BCUT2D eigenvalue weighted by Crippen LogP contribution is -2.44. The minimum atomic E-state index is 0.215. The molecule has 0 bridgehead atoms. The van der Waals surface area contributed by atoms with Crippen molar-refractivity contribution in [1.82, 2.24) is 15.1 Å². The molecule has 0 saturated carbocycles. The number of likely N-dealkylation sites (N-methyl/N-ethyl adjacent to an activating group) is 1. The Labute approximate surface area is 105 Å². The average Bonchev–Trinajstić information content (AvgIpc) is 2.30. The van der Waals surface area contributed by atoms with E-state index in [0.717, 1.165) is 26.2 Å². The van der Waals surface area contributed by atoms with Crippen molar-refractivity contribution in [3.63, 3.8) is 0 Å². The summed E-state index contributed by atoms with van der Waals surface area (Å²) in [4.78, 5) is 15.6. The fraction of sp³-hybridized carbons (Fsp3) is 0.923. The molecule has 1 saturated heterocycles. The Balaban J connectivity index is 2.26. The summed E-state index contributed by atoms with van der Waals surface area (Å²) in [7, 11) is 3.65. The minimum Gasteiger partial charge on any atom is -0.348 e. The smallest absolute Gasteiger partial charge is 0.236 e. The van der Waals surface area contributed by atoms with Gasteiger partial charge in [-0.1, -0.05) is 6.92 Å². The summed E-state index contributed by atoms with van der Waals surface area (Å²) >= 11 is 0. The first kappa shape index (κ1) is 14.5. The van der Waals surface area contributed by atoms with E-state index in [1.54, 1.807) is 4.90 Å². The van der Waals surface area contributed by atoms with Crippen LogP contribution in [-0.4, -0.2) is 62.5 Å². The molecule has 1 aliphatic heterocycles. The Kier molecular flexibility index (Phi) is 6.52. The van der Waals surface area contributed by atoms with Gasteiger partial charge < -0.3 is 10.2 Å². The third-order valence-corrected chi connectivity index (χ3v) is 3.32. The zero-order valence-electron chi connectivity index (χ0n) is 11.5. The van der Waals surface area contributed by atoms with Crippen molar-refractivity contribution in [2.75, 3.05) is 46.8 Å². The topological polar surface area (TPSA) is 35.6 Å². The van der Waals surface area contributed by atoms with E-state index < -0.39 is 0 Å². The van der Waals surface area contributed by atoms with Gasteiger partial charge in [-0.15, -0.1) is 0 Å². The first-order valence-electron chi connectivity index (χ1n) is 6.76. The van der Waals surface area contributed by atoms with Crippen LogP contribution in [0.25, 0.3) is 0 Å². The molecular weight excluding hydrogens is 214 g/mol. The summed E-state index contributed by atoms with van der Waals surface area (Å²) in [6.07, 6.45) is 3.71. The van der Waals surface area contributed by atoms with Gasteiger partial charge in [-0.3, -0.25) is 9.69 Å². The van der Waals surface area contributed by atoms with Crippen molar-refractivity contribution < 1.29 is 4.79 Å². The average molecular weight is 241 g/mol. The number of amides is 1. The molecule has 1 unspecified atom stereocenters. The number of carbonyl (C=O) groups is 1. The predicted molar refractivity (Wildman–Crippen MR) is 71.0 cm³/mol. The second-order valence-electron chi connectivity index (χ2n) is 5.24. The Morgan fingerprint density at radius 2 is 2.24 bits per heavy atom. The maximum absolute atomic E-state index is 11.6. The van der Waals surface area contributed by atoms with Gasteiger partial charge in [-0.2, -0.15) is 0 Å². The summed E-state index contributed by atoms with van der Waals surface area (Å²) in [5.41, 5.74) is 0. The monoisotopic (exact) mass is 241 g/mol. The number of carbonyl (C=O) groups excluding carboxylic acids is 1. The van der Waals surface area contributed by atoms with E-state index in [4.69, 9.17) is 0 Å². The molecule has 0 aliphatic carbocycles. The molecule has 1 atom stereocenters. The molecule has 1 N–H and O–H groups in total. The number of nitrogens with zero attached hydrogens (tertiary/aromatic N) is 2. The second kappa shape index (κ2) is 7.67. The van der Waals surface area contributed by atoms with Crippen LogP contribution in [0.2, 0.25) is 0 Å². The van der Waals surface area contributed by atoms with Gasteiger partial charge in [0.1, 0.15) is 0 Å². The van der Waals surface area contributed by atoms with Crippen molar-refractivity contribution in [2.24, 2.45) is 5.92 Å². The molecule has 17 heavy (non-hydrogen) atoms. The van der Waals surface area contributed by atoms with Crippen LogP contribution in [0.3, 0.4) is 0 Å². The summed E-state index contributed by atoms with van der Waals surface area (Å²) in [6.45, 7) is 7.11. The minimum absolute atomic E-state index is 0.215. The van der Waals surface area contributed by atoms with Crippen LogP contribution in [0.5, 0.6) is 0 Å². The van der Waals surface area contributed by atoms with Gasteiger partial charge in [-0.05, 0) is 44.8 Å². The van der Waals surface area contributed by atoms with Gasteiger partial charge in [0.2, 0.25) is 5.91 Å². The summed E-state index contributed by atoms with van der Waals surface area (Å²) < 4.78 is 0. The zero-order valence-corrected chi connectivity index (χ0v) is 11.5. The van der Waals surface area contributed by atoms with Gasteiger partial charge in [-0.25, -0.2) is 0 Å². The van der Waals surface area contributed by atoms with Crippen LogP contribution in [0.4, 0.5) is 0 Å². The molecule has 1 amide bonds. The van der Waals surface area contributed by atoms with Crippen molar-refractivity contribution in [3.05, 3.63) is 0 Å². The van der Waals surface area contributed by atoms with Crippen LogP contribution in [0, 0.1) is 5.92 Å². The van der Waals surface area contributed by atoms with E-state index in [-0.39, 0.29) is 5.91 Å². The van der Waals surface area contributed by atoms with Crippen LogP contribution in [0.15, 0.2) is 0 Å². The van der Waals surface area contributed by atoms with Gasteiger partial charge in [0.05, 0.1) is 6.54 Å². The maximum atomic E-state index is 11.6. The molecule has 0 aromatic heterocycles. The molecule has 1 fully saturated rings.